The average molecular weight is 294 g/mol. The van der Waals surface area contributed by atoms with Gasteiger partial charge in [-0.25, -0.2) is 4.79 Å². The Morgan fingerprint density at radius 3 is 2.86 bits per heavy atom. The monoisotopic (exact) mass is 294 g/mol. The molecule has 1 saturated heterocycles. The number of nitrogens with zero attached hydrogens (tertiary/aromatic N) is 3. The van der Waals surface area contributed by atoms with Crippen LogP contribution in [0.5, 0.6) is 0 Å². The molecule has 0 aliphatic carbocycles. The van der Waals surface area contributed by atoms with E-state index in [2.05, 4.69) is 10.3 Å². The topological polar surface area (TPSA) is 87.8 Å². The molecule has 1 atom stereocenters. The number of benzene rings is 1. The third-order valence-electron chi connectivity index (χ3n) is 3.48. The van der Waals surface area contributed by atoms with E-state index in [4.69, 9.17) is 0 Å². The summed E-state index contributed by atoms with van der Waals surface area (Å²) in [5.41, 5.74) is -0.557. The molecule has 21 heavy (non-hydrogen) atoms. The number of amides is 2. The van der Waals surface area contributed by atoms with E-state index >= 15 is 0 Å². The second kappa shape index (κ2) is 5.86. The van der Waals surface area contributed by atoms with Crippen molar-refractivity contribution in [3.63, 3.8) is 0 Å². The van der Waals surface area contributed by atoms with Gasteiger partial charge in [0.05, 0.1) is 4.92 Å². The standard InChI is InChI=1S/C13H15FN4O3/c1-8-3-6-12(17(8)2)16-13(19)15-9-4-5-10(14)11(7-9)18(20)21/h4-5,7-8H,3,6H2,1-2H3,(H,15,19)/b16-12-. The van der Waals surface area contributed by atoms with Crippen molar-refractivity contribution in [3.8, 4) is 0 Å². The lowest BCUT2D eigenvalue weighted by atomic mass is 10.2. The van der Waals surface area contributed by atoms with Crippen molar-refractivity contribution in [1.29, 1.82) is 0 Å². The highest BCUT2D eigenvalue weighted by Gasteiger charge is 2.23. The van der Waals surface area contributed by atoms with E-state index in [1.54, 1.807) is 0 Å². The maximum atomic E-state index is 13.2. The van der Waals surface area contributed by atoms with E-state index in [-0.39, 0.29) is 5.69 Å². The highest BCUT2D eigenvalue weighted by molar-refractivity contribution is 6.00. The fraction of sp³-hybridized carbons (Fsp3) is 0.385. The number of nitro groups is 1. The Labute approximate surface area is 120 Å². The Morgan fingerprint density at radius 2 is 2.29 bits per heavy atom. The van der Waals surface area contributed by atoms with Crippen LogP contribution in [0.15, 0.2) is 23.2 Å². The van der Waals surface area contributed by atoms with Gasteiger partial charge in [0, 0.05) is 31.3 Å². The summed E-state index contributed by atoms with van der Waals surface area (Å²) < 4.78 is 13.2. The normalized spacial score (nSPS) is 19.9. The summed E-state index contributed by atoms with van der Waals surface area (Å²) in [6.45, 7) is 2.03. The molecule has 2 rings (SSSR count). The Hall–Kier alpha value is -2.51. The first-order valence-corrected chi connectivity index (χ1v) is 6.44. The van der Waals surface area contributed by atoms with Crippen LogP contribution in [-0.4, -0.2) is 34.8 Å². The summed E-state index contributed by atoms with van der Waals surface area (Å²) in [7, 11) is 1.85. The van der Waals surface area contributed by atoms with Crippen molar-refractivity contribution in [2.75, 3.05) is 12.4 Å². The van der Waals surface area contributed by atoms with Gasteiger partial charge >= 0.3 is 11.7 Å². The molecule has 1 heterocycles. The molecule has 8 heteroatoms. The molecule has 0 bridgehead atoms. The lowest BCUT2D eigenvalue weighted by Gasteiger charge is -2.17. The number of amidine groups is 1. The zero-order chi connectivity index (χ0) is 15.6. The predicted octanol–water partition coefficient (Wildman–Crippen LogP) is 2.78. The molecule has 7 nitrogen and oxygen atoms in total. The first-order chi connectivity index (χ1) is 9.88. The van der Waals surface area contributed by atoms with Crippen LogP contribution >= 0.6 is 0 Å². The molecule has 1 aromatic carbocycles. The molecule has 0 spiro atoms. The summed E-state index contributed by atoms with van der Waals surface area (Å²) in [5.74, 6) is -0.287. The molecule has 1 aromatic rings. The van der Waals surface area contributed by atoms with Gasteiger partial charge in [-0.1, -0.05) is 0 Å². The molecule has 0 saturated carbocycles. The Bertz CT molecular complexity index is 617. The predicted molar refractivity (Wildman–Crippen MR) is 76.0 cm³/mol. The smallest absolute Gasteiger partial charge is 0.347 e. The van der Waals surface area contributed by atoms with Gasteiger partial charge in [-0.2, -0.15) is 9.38 Å². The molecular formula is C13H15FN4O3. The number of carbonyl (C=O) groups excluding carboxylic acids is 1. The van der Waals surface area contributed by atoms with Crippen molar-refractivity contribution < 1.29 is 14.1 Å². The molecule has 1 fully saturated rings. The molecule has 1 N–H and O–H groups in total. The summed E-state index contributed by atoms with van der Waals surface area (Å²) in [6.07, 6.45) is 1.62. The average Bonchev–Trinajstić information content (AvgIpc) is 2.72. The Kier molecular flexibility index (Phi) is 4.15. The van der Waals surface area contributed by atoms with Crippen LogP contribution in [-0.2, 0) is 0 Å². The van der Waals surface area contributed by atoms with Gasteiger partial charge in [-0.05, 0) is 25.5 Å². The van der Waals surface area contributed by atoms with Crippen molar-refractivity contribution in [2.45, 2.75) is 25.8 Å². The number of carbonyl (C=O) groups is 1. The highest BCUT2D eigenvalue weighted by Crippen LogP contribution is 2.22. The van der Waals surface area contributed by atoms with Crippen molar-refractivity contribution >= 4 is 23.2 Å². The number of anilines is 1. The van der Waals surface area contributed by atoms with Crippen LogP contribution in [0.1, 0.15) is 19.8 Å². The van der Waals surface area contributed by atoms with E-state index in [0.29, 0.717) is 18.3 Å². The molecule has 0 radical (unpaired) electrons. The molecular weight excluding hydrogens is 279 g/mol. The van der Waals surface area contributed by atoms with Gasteiger partial charge < -0.3 is 10.2 Å². The number of likely N-dealkylation sites (tertiary alicyclic amines) is 1. The maximum Gasteiger partial charge on any atom is 0.347 e. The largest absolute Gasteiger partial charge is 0.360 e. The number of nitrogens with one attached hydrogen (secondary N) is 1. The number of hydrogen-bond donors (Lipinski definition) is 1. The van der Waals surface area contributed by atoms with Gasteiger partial charge in [-0.3, -0.25) is 10.1 Å². The molecule has 1 aliphatic rings. The zero-order valence-corrected chi connectivity index (χ0v) is 11.7. The Morgan fingerprint density at radius 1 is 1.57 bits per heavy atom. The fourth-order valence-electron chi connectivity index (χ4n) is 2.10. The van der Waals surface area contributed by atoms with Gasteiger partial charge in [-0.15, -0.1) is 0 Å². The van der Waals surface area contributed by atoms with E-state index in [1.165, 1.54) is 6.07 Å². The van der Waals surface area contributed by atoms with Crippen molar-refractivity contribution in [2.24, 2.45) is 4.99 Å². The number of aliphatic imine (C=N–C) groups is 1. The van der Waals surface area contributed by atoms with Gasteiger partial charge in [0.15, 0.2) is 0 Å². The summed E-state index contributed by atoms with van der Waals surface area (Å²) in [5, 5.41) is 13.0. The number of urea groups is 1. The first-order valence-electron chi connectivity index (χ1n) is 6.44. The van der Waals surface area contributed by atoms with E-state index < -0.39 is 22.5 Å². The zero-order valence-electron chi connectivity index (χ0n) is 11.7. The SMILES string of the molecule is CC1CC/C(=N/C(=O)Nc2ccc(F)c([N+](=O)[O-])c2)N1C. The number of hydrogen-bond acceptors (Lipinski definition) is 3. The highest BCUT2D eigenvalue weighted by atomic mass is 19.1. The van der Waals surface area contributed by atoms with E-state index in [1.807, 2.05) is 18.9 Å². The molecule has 112 valence electrons. The minimum Gasteiger partial charge on any atom is -0.360 e. The van der Waals surface area contributed by atoms with E-state index in [9.17, 15) is 19.3 Å². The van der Waals surface area contributed by atoms with Crippen molar-refractivity contribution in [1.82, 2.24) is 4.90 Å². The second-order valence-corrected chi connectivity index (χ2v) is 4.88. The number of rotatable bonds is 2. The van der Waals surface area contributed by atoms with Gasteiger partial charge in [0.1, 0.15) is 5.84 Å². The van der Waals surface area contributed by atoms with Gasteiger partial charge in [0.2, 0.25) is 5.82 Å². The minimum absolute atomic E-state index is 0.131. The Balaban J connectivity index is 2.12. The molecule has 2 amide bonds. The maximum absolute atomic E-state index is 13.2. The van der Waals surface area contributed by atoms with Crippen LogP contribution in [0.2, 0.25) is 0 Å². The number of nitro benzene ring substituents is 1. The van der Waals surface area contributed by atoms with Crippen LogP contribution in [0.3, 0.4) is 0 Å². The molecule has 1 unspecified atom stereocenters. The summed E-state index contributed by atoms with van der Waals surface area (Å²) in [6, 6.07) is 2.84. The minimum atomic E-state index is -0.950. The van der Waals surface area contributed by atoms with Crippen LogP contribution in [0.25, 0.3) is 0 Å². The lowest BCUT2D eigenvalue weighted by Crippen LogP contribution is -2.27. The summed E-state index contributed by atoms with van der Waals surface area (Å²) >= 11 is 0. The van der Waals surface area contributed by atoms with E-state index in [0.717, 1.165) is 18.6 Å². The van der Waals surface area contributed by atoms with Crippen LogP contribution < -0.4 is 5.32 Å². The first kappa shape index (κ1) is 14.9. The fourth-order valence-corrected chi connectivity index (χ4v) is 2.10. The van der Waals surface area contributed by atoms with Gasteiger partial charge in [0.25, 0.3) is 0 Å². The van der Waals surface area contributed by atoms with Crippen LogP contribution in [0.4, 0.5) is 20.6 Å². The molecule has 1 aliphatic heterocycles. The third kappa shape index (κ3) is 3.33. The number of halogens is 1. The van der Waals surface area contributed by atoms with Crippen LogP contribution in [0, 0.1) is 15.9 Å². The van der Waals surface area contributed by atoms with Crippen molar-refractivity contribution in [3.05, 3.63) is 34.1 Å². The summed E-state index contributed by atoms with van der Waals surface area (Å²) in [4.78, 5) is 27.4. The second-order valence-electron chi connectivity index (χ2n) is 4.88. The third-order valence-corrected chi connectivity index (χ3v) is 3.48. The quantitative estimate of drug-likeness (QED) is 0.671. The lowest BCUT2D eigenvalue weighted by molar-refractivity contribution is -0.387. The molecule has 0 aromatic heterocycles.